The number of nitrogens with one attached hydrogen (secondary N) is 2. The van der Waals surface area contributed by atoms with Gasteiger partial charge < -0.3 is 5.11 Å². The highest BCUT2D eigenvalue weighted by Gasteiger charge is 2.19. The molecular weight excluding hydrogens is 475 g/mol. The first-order valence-electron chi connectivity index (χ1n) is 6.76. The van der Waals surface area contributed by atoms with Gasteiger partial charge in [0.1, 0.15) is 5.75 Å². The van der Waals surface area contributed by atoms with Crippen LogP contribution in [0, 0.1) is 3.57 Å². The molecule has 122 valence electrons. The average Bonchev–Trinajstić information content (AvgIpc) is 2.93. The molecule has 1 aromatic heterocycles. The summed E-state index contributed by atoms with van der Waals surface area (Å²) in [4.78, 5) is 12.0. The van der Waals surface area contributed by atoms with Crippen molar-refractivity contribution in [3.8, 4) is 5.75 Å². The number of nitrogens with zero attached hydrogens (tertiary/aromatic N) is 2. The van der Waals surface area contributed by atoms with Crippen molar-refractivity contribution in [1.29, 1.82) is 0 Å². The first-order valence-corrected chi connectivity index (χ1v) is 8.63. The Morgan fingerprint density at radius 2 is 2.13 bits per heavy atom. The number of aromatic amines is 1. The van der Waals surface area contributed by atoms with E-state index >= 15 is 0 Å². The van der Waals surface area contributed by atoms with Gasteiger partial charge in [-0.05, 0) is 40.8 Å². The summed E-state index contributed by atoms with van der Waals surface area (Å²) in [6.45, 7) is 6.08. The lowest BCUT2D eigenvalue weighted by Crippen LogP contribution is -2.18. The zero-order valence-corrected chi connectivity index (χ0v) is 16.6. The molecule has 8 heteroatoms. The summed E-state index contributed by atoms with van der Waals surface area (Å²) in [5.74, 6) is -0.307. The van der Waals surface area contributed by atoms with Gasteiger partial charge in [-0.1, -0.05) is 36.7 Å². The van der Waals surface area contributed by atoms with Crippen molar-refractivity contribution in [3.05, 3.63) is 43.2 Å². The molecule has 6 nitrogen and oxygen atoms in total. The number of phenols is 1. The molecule has 1 amide bonds. The normalized spacial score (nSPS) is 11.9. The molecule has 0 unspecified atom stereocenters. The molecule has 2 aromatic rings. The largest absolute Gasteiger partial charge is 0.506 e. The molecule has 0 bridgehead atoms. The van der Waals surface area contributed by atoms with E-state index in [9.17, 15) is 9.90 Å². The second kappa shape index (κ2) is 7.00. The standard InChI is InChI=1S/C15H16BrIN4O2/c1-15(2,3)12-6-11(19-20-12)14(23)21-18-7-8-4-9(16)5-10(17)13(8)22/h4-7,22H,1-3H3,(H,19,20)(H,21,23)/b18-7+. The fourth-order valence-corrected chi connectivity index (χ4v) is 3.27. The monoisotopic (exact) mass is 490 g/mol. The van der Waals surface area contributed by atoms with Crippen LogP contribution in [0.1, 0.15) is 42.5 Å². The lowest BCUT2D eigenvalue weighted by molar-refractivity contribution is 0.0950. The summed E-state index contributed by atoms with van der Waals surface area (Å²) < 4.78 is 1.50. The minimum Gasteiger partial charge on any atom is -0.506 e. The zero-order valence-electron chi connectivity index (χ0n) is 12.8. The molecule has 2 rings (SSSR count). The first kappa shape index (κ1) is 17.9. The third-order valence-electron chi connectivity index (χ3n) is 3.05. The molecule has 23 heavy (non-hydrogen) atoms. The number of amides is 1. The Balaban J connectivity index is 2.09. The van der Waals surface area contributed by atoms with Crippen LogP contribution in [0.25, 0.3) is 0 Å². The van der Waals surface area contributed by atoms with Crippen LogP contribution in [0.5, 0.6) is 5.75 Å². The third-order valence-corrected chi connectivity index (χ3v) is 4.33. The van der Waals surface area contributed by atoms with Crippen LogP contribution in [0.4, 0.5) is 0 Å². The molecule has 0 aliphatic heterocycles. The van der Waals surface area contributed by atoms with E-state index in [4.69, 9.17) is 0 Å². The van der Waals surface area contributed by atoms with Gasteiger partial charge in [-0.2, -0.15) is 10.2 Å². The minimum absolute atomic E-state index is 0.113. The van der Waals surface area contributed by atoms with Gasteiger partial charge in [-0.15, -0.1) is 0 Å². The van der Waals surface area contributed by atoms with Gasteiger partial charge in [0.05, 0.1) is 9.78 Å². The Hall–Kier alpha value is -1.42. The molecule has 3 N–H and O–H groups in total. The van der Waals surface area contributed by atoms with Crippen LogP contribution in [0.3, 0.4) is 0 Å². The summed E-state index contributed by atoms with van der Waals surface area (Å²) in [5.41, 5.74) is 3.91. The van der Waals surface area contributed by atoms with E-state index < -0.39 is 5.91 Å². The maximum atomic E-state index is 12.0. The molecule has 0 atom stereocenters. The number of hydrazone groups is 1. The summed E-state index contributed by atoms with van der Waals surface area (Å²) in [6, 6.07) is 5.19. The zero-order chi connectivity index (χ0) is 17.2. The summed E-state index contributed by atoms with van der Waals surface area (Å²) in [5, 5.41) is 20.7. The quantitative estimate of drug-likeness (QED) is 0.349. The number of H-pyrrole nitrogens is 1. The molecule has 0 aliphatic carbocycles. The number of aromatic hydroxyl groups is 1. The first-order chi connectivity index (χ1) is 10.7. The van der Waals surface area contributed by atoms with E-state index in [-0.39, 0.29) is 16.9 Å². The number of carbonyl (C=O) groups is 1. The van der Waals surface area contributed by atoms with Gasteiger partial charge in [0, 0.05) is 21.1 Å². The van der Waals surface area contributed by atoms with Crippen molar-refractivity contribution >= 4 is 50.6 Å². The molecule has 0 radical (unpaired) electrons. The van der Waals surface area contributed by atoms with Crippen LogP contribution < -0.4 is 5.43 Å². The predicted molar refractivity (Wildman–Crippen MR) is 101 cm³/mol. The average molecular weight is 491 g/mol. The Morgan fingerprint density at radius 3 is 2.74 bits per heavy atom. The summed E-state index contributed by atoms with van der Waals surface area (Å²) in [6.07, 6.45) is 1.39. The molecule has 0 aliphatic rings. The van der Waals surface area contributed by atoms with Crippen molar-refractivity contribution < 1.29 is 9.90 Å². The molecule has 0 spiro atoms. The molecule has 1 aromatic carbocycles. The molecule has 0 saturated heterocycles. The van der Waals surface area contributed by atoms with Gasteiger partial charge in [0.15, 0.2) is 5.69 Å². The highest BCUT2D eigenvalue weighted by molar-refractivity contribution is 14.1. The van der Waals surface area contributed by atoms with E-state index in [1.807, 2.05) is 43.4 Å². The van der Waals surface area contributed by atoms with Crippen molar-refractivity contribution in [2.24, 2.45) is 5.10 Å². The lowest BCUT2D eigenvalue weighted by atomic mass is 9.92. The number of carbonyl (C=O) groups excluding carboxylic acids is 1. The number of benzene rings is 1. The number of aromatic nitrogens is 2. The maximum Gasteiger partial charge on any atom is 0.291 e. The number of halogens is 2. The Labute approximate surface area is 156 Å². The summed E-state index contributed by atoms with van der Waals surface area (Å²) >= 11 is 5.36. The van der Waals surface area contributed by atoms with Gasteiger partial charge in [0.25, 0.3) is 5.91 Å². The van der Waals surface area contributed by atoms with E-state index in [2.05, 4.69) is 36.7 Å². The SMILES string of the molecule is CC(C)(C)c1cc(C(=O)N/N=C/c2cc(Br)cc(I)c2O)n[nH]1. The minimum atomic E-state index is -0.419. The van der Waals surface area contributed by atoms with Gasteiger partial charge in [0.2, 0.25) is 0 Å². The number of hydrogen-bond donors (Lipinski definition) is 3. The van der Waals surface area contributed by atoms with Crippen LogP contribution >= 0.6 is 38.5 Å². The van der Waals surface area contributed by atoms with E-state index in [1.54, 1.807) is 18.2 Å². The Morgan fingerprint density at radius 1 is 1.43 bits per heavy atom. The fourth-order valence-electron chi connectivity index (χ4n) is 1.72. The Kier molecular flexibility index (Phi) is 5.45. The Bertz CT molecular complexity index is 765. The second-order valence-electron chi connectivity index (χ2n) is 5.94. The van der Waals surface area contributed by atoms with Crippen LogP contribution in [0.2, 0.25) is 0 Å². The van der Waals surface area contributed by atoms with Crippen molar-refractivity contribution in [3.63, 3.8) is 0 Å². The van der Waals surface area contributed by atoms with Crippen LogP contribution in [-0.4, -0.2) is 27.4 Å². The molecule has 0 saturated carbocycles. The van der Waals surface area contributed by atoms with Crippen molar-refractivity contribution in [2.45, 2.75) is 26.2 Å². The van der Waals surface area contributed by atoms with Gasteiger partial charge in [-0.3, -0.25) is 9.89 Å². The van der Waals surface area contributed by atoms with E-state index in [0.717, 1.165) is 10.2 Å². The highest BCUT2D eigenvalue weighted by Crippen LogP contribution is 2.27. The van der Waals surface area contributed by atoms with E-state index in [1.165, 1.54) is 6.21 Å². The third kappa shape index (κ3) is 4.54. The second-order valence-corrected chi connectivity index (χ2v) is 8.02. The molecule has 1 heterocycles. The summed E-state index contributed by atoms with van der Waals surface area (Å²) in [7, 11) is 0. The van der Waals surface area contributed by atoms with E-state index in [0.29, 0.717) is 9.13 Å². The lowest BCUT2D eigenvalue weighted by Gasteiger charge is -2.14. The van der Waals surface area contributed by atoms with Crippen molar-refractivity contribution in [2.75, 3.05) is 0 Å². The predicted octanol–water partition coefficient (Wildman–Crippen LogP) is 3.54. The van der Waals surface area contributed by atoms with Crippen LogP contribution in [0.15, 0.2) is 27.8 Å². The number of phenolic OH excluding ortho intramolecular Hbond substituents is 1. The highest BCUT2D eigenvalue weighted by atomic mass is 127. The smallest absolute Gasteiger partial charge is 0.291 e. The number of rotatable bonds is 3. The number of hydrogen-bond acceptors (Lipinski definition) is 4. The topological polar surface area (TPSA) is 90.4 Å². The van der Waals surface area contributed by atoms with Crippen molar-refractivity contribution in [1.82, 2.24) is 15.6 Å². The maximum absolute atomic E-state index is 12.0. The molecular formula is C15H16BrIN4O2. The van der Waals surface area contributed by atoms with Gasteiger partial charge in [-0.25, -0.2) is 5.43 Å². The molecule has 0 fully saturated rings. The fraction of sp³-hybridized carbons (Fsp3) is 0.267. The van der Waals surface area contributed by atoms with Crippen LogP contribution in [-0.2, 0) is 5.41 Å². The van der Waals surface area contributed by atoms with Gasteiger partial charge >= 0.3 is 0 Å².